The number of benzene rings is 1. The van der Waals surface area contributed by atoms with Crippen molar-refractivity contribution in [3.8, 4) is 5.75 Å². The largest absolute Gasteiger partial charge is 0.493 e. The molecule has 2 N–H and O–H groups in total. The topological polar surface area (TPSA) is 97.0 Å². The highest BCUT2D eigenvalue weighted by atomic mass is 32.1. The fourth-order valence-electron chi connectivity index (χ4n) is 3.18. The summed E-state index contributed by atoms with van der Waals surface area (Å²) < 4.78 is 10.9. The van der Waals surface area contributed by atoms with Gasteiger partial charge in [0.05, 0.1) is 24.7 Å². The fourth-order valence-corrected chi connectivity index (χ4v) is 3.49. The summed E-state index contributed by atoms with van der Waals surface area (Å²) >= 11 is 5.41. The number of amides is 2. The Hall–Kier alpha value is -2.68. The van der Waals surface area contributed by atoms with E-state index in [2.05, 4.69) is 17.6 Å². The number of para-hydroxylation sites is 1. The third-order valence-electron chi connectivity index (χ3n) is 4.68. The van der Waals surface area contributed by atoms with Crippen molar-refractivity contribution in [1.29, 1.82) is 0 Å². The van der Waals surface area contributed by atoms with E-state index in [0.717, 1.165) is 19.3 Å². The van der Waals surface area contributed by atoms with Gasteiger partial charge < -0.3 is 19.7 Å². The molecular formula is C22H31N3O5S. The number of nitrogens with zero attached hydrogens (tertiary/aromatic N) is 1. The molecule has 0 aliphatic carbocycles. The van der Waals surface area contributed by atoms with Crippen LogP contribution in [0.2, 0.25) is 0 Å². The number of esters is 1. The maximum atomic E-state index is 12.9. The first-order valence-corrected chi connectivity index (χ1v) is 11.0. The summed E-state index contributed by atoms with van der Waals surface area (Å²) in [6.45, 7) is 6.85. The SMILES string of the molecule is CCCCCOc1ccccc1C(=O)NC(=S)N1CCNC(=O)C1CC(=O)OC(C)C. The number of thiocarbonyl (C=S) groups is 1. The van der Waals surface area contributed by atoms with Crippen LogP contribution in [-0.4, -0.2) is 59.6 Å². The second kappa shape index (κ2) is 12.2. The molecule has 31 heavy (non-hydrogen) atoms. The number of carbonyl (C=O) groups is 3. The molecule has 1 heterocycles. The van der Waals surface area contributed by atoms with Gasteiger partial charge in [0.25, 0.3) is 5.91 Å². The van der Waals surface area contributed by atoms with E-state index in [1.165, 1.54) is 0 Å². The third-order valence-corrected chi connectivity index (χ3v) is 5.01. The Morgan fingerprint density at radius 1 is 1.29 bits per heavy atom. The van der Waals surface area contributed by atoms with Gasteiger partial charge in [0.15, 0.2) is 5.11 Å². The summed E-state index contributed by atoms with van der Waals surface area (Å²) in [7, 11) is 0. The van der Waals surface area contributed by atoms with Crippen LogP contribution >= 0.6 is 12.2 Å². The minimum absolute atomic E-state index is 0.0861. The molecule has 0 saturated carbocycles. The Kier molecular flexibility index (Phi) is 9.71. The lowest BCUT2D eigenvalue weighted by molar-refractivity contribution is -0.150. The van der Waals surface area contributed by atoms with E-state index in [0.29, 0.717) is 31.0 Å². The van der Waals surface area contributed by atoms with Crippen molar-refractivity contribution in [2.75, 3.05) is 19.7 Å². The molecule has 1 fully saturated rings. The van der Waals surface area contributed by atoms with Gasteiger partial charge in [0.1, 0.15) is 11.8 Å². The van der Waals surface area contributed by atoms with Crippen molar-refractivity contribution in [2.24, 2.45) is 0 Å². The maximum Gasteiger partial charge on any atom is 0.308 e. The zero-order valence-electron chi connectivity index (χ0n) is 18.3. The van der Waals surface area contributed by atoms with Crippen molar-refractivity contribution in [3.63, 3.8) is 0 Å². The van der Waals surface area contributed by atoms with Crippen LogP contribution in [-0.2, 0) is 14.3 Å². The van der Waals surface area contributed by atoms with Gasteiger partial charge in [-0.25, -0.2) is 0 Å². The molecular weight excluding hydrogens is 418 g/mol. The molecule has 1 saturated heterocycles. The lowest BCUT2D eigenvalue weighted by Crippen LogP contribution is -2.60. The van der Waals surface area contributed by atoms with E-state index in [1.54, 1.807) is 43.0 Å². The first kappa shape index (κ1) is 24.6. The first-order valence-electron chi connectivity index (χ1n) is 10.6. The number of carbonyl (C=O) groups excluding carboxylic acids is 3. The fraction of sp³-hybridized carbons (Fsp3) is 0.545. The zero-order valence-corrected chi connectivity index (χ0v) is 19.1. The van der Waals surface area contributed by atoms with Crippen LogP contribution in [0, 0.1) is 0 Å². The lowest BCUT2D eigenvalue weighted by Gasteiger charge is -2.36. The summed E-state index contributed by atoms with van der Waals surface area (Å²) in [5, 5.41) is 5.49. The van der Waals surface area contributed by atoms with Crippen LogP contribution in [0.4, 0.5) is 0 Å². The minimum atomic E-state index is -0.840. The smallest absolute Gasteiger partial charge is 0.308 e. The molecule has 0 aromatic heterocycles. The van der Waals surface area contributed by atoms with Crippen molar-refractivity contribution in [1.82, 2.24) is 15.5 Å². The molecule has 1 aromatic rings. The summed E-state index contributed by atoms with van der Waals surface area (Å²) in [5.74, 6) is -0.775. The number of hydrogen-bond donors (Lipinski definition) is 2. The molecule has 2 rings (SSSR count). The normalized spacial score (nSPS) is 15.9. The van der Waals surface area contributed by atoms with Gasteiger partial charge in [-0.1, -0.05) is 31.9 Å². The van der Waals surface area contributed by atoms with E-state index in [9.17, 15) is 14.4 Å². The average molecular weight is 450 g/mol. The Balaban J connectivity index is 2.06. The maximum absolute atomic E-state index is 12.9. The van der Waals surface area contributed by atoms with Crippen molar-refractivity contribution in [3.05, 3.63) is 29.8 Å². The minimum Gasteiger partial charge on any atom is -0.493 e. The number of unbranched alkanes of at least 4 members (excludes halogenated alkanes) is 2. The van der Waals surface area contributed by atoms with E-state index < -0.39 is 17.9 Å². The van der Waals surface area contributed by atoms with E-state index in [-0.39, 0.29) is 23.5 Å². The van der Waals surface area contributed by atoms with Gasteiger partial charge in [0.2, 0.25) is 5.91 Å². The van der Waals surface area contributed by atoms with Gasteiger partial charge in [0, 0.05) is 13.1 Å². The predicted molar refractivity (Wildman–Crippen MR) is 121 cm³/mol. The van der Waals surface area contributed by atoms with E-state index in [4.69, 9.17) is 21.7 Å². The molecule has 1 aliphatic heterocycles. The summed E-state index contributed by atoms with van der Waals surface area (Å²) in [4.78, 5) is 38.9. The molecule has 9 heteroatoms. The Morgan fingerprint density at radius 3 is 2.74 bits per heavy atom. The van der Waals surface area contributed by atoms with Gasteiger partial charge in [-0.05, 0) is 44.6 Å². The molecule has 0 bridgehead atoms. The van der Waals surface area contributed by atoms with E-state index in [1.807, 2.05) is 0 Å². The van der Waals surface area contributed by atoms with Crippen LogP contribution in [0.3, 0.4) is 0 Å². The van der Waals surface area contributed by atoms with Gasteiger partial charge in [-0.15, -0.1) is 0 Å². The number of hydrogen-bond acceptors (Lipinski definition) is 6. The predicted octanol–water partition coefficient (Wildman–Crippen LogP) is 2.41. The molecule has 0 spiro atoms. The summed E-state index contributed by atoms with van der Waals surface area (Å²) in [6, 6.07) is 6.11. The van der Waals surface area contributed by atoms with Crippen LogP contribution in [0.15, 0.2) is 24.3 Å². The first-order chi connectivity index (χ1) is 14.8. The quantitative estimate of drug-likeness (QED) is 0.339. The molecule has 0 radical (unpaired) electrons. The number of piperazine rings is 1. The van der Waals surface area contributed by atoms with Gasteiger partial charge in [-0.3, -0.25) is 19.7 Å². The van der Waals surface area contributed by atoms with Crippen LogP contribution in [0.5, 0.6) is 5.75 Å². The highest BCUT2D eigenvalue weighted by Crippen LogP contribution is 2.19. The number of nitrogens with one attached hydrogen (secondary N) is 2. The van der Waals surface area contributed by atoms with Gasteiger partial charge in [-0.2, -0.15) is 0 Å². The highest BCUT2D eigenvalue weighted by Gasteiger charge is 2.34. The summed E-state index contributed by atoms with van der Waals surface area (Å²) in [6.07, 6.45) is 2.60. The zero-order chi connectivity index (χ0) is 22.8. The molecule has 1 aromatic carbocycles. The van der Waals surface area contributed by atoms with Crippen molar-refractivity contribution >= 4 is 35.1 Å². The standard InChI is InChI=1S/C22H31N3O5S/c1-4-5-8-13-29-18-10-7-6-9-16(18)20(27)24-22(31)25-12-11-23-21(28)17(25)14-19(26)30-15(2)3/h6-7,9-10,15,17H,4-5,8,11-14H2,1-3H3,(H,23,28)(H,24,27,31). The van der Waals surface area contributed by atoms with Crippen molar-refractivity contribution in [2.45, 2.75) is 58.6 Å². The van der Waals surface area contributed by atoms with Crippen molar-refractivity contribution < 1.29 is 23.9 Å². The molecule has 1 aliphatic rings. The molecule has 1 unspecified atom stereocenters. The number of rotatable bonds is 9. The number of ether oxygens (including phenoxy) is 2. The Bertz CT molecular complexity index is 799. The van der Waals surface area contributed by atoms with Crippen LogP contribution in [0.25, 0.3) is 0 Å². The molecule has 1 atom stereocenters. The second-order valence-electron chi connectivity index (χ2n) is 7.55. The average Bonchev–Trinajstić information content (AvgIpc) is 2.72. The third kappa shape index (κ3) is 7.50. The monoisotopic (exact) mass is 449 g/mol. The van der Waals surface area contributed by atoms with E-state index >= 15 is 0 Å². The Morgan fingerprint density at radius 2 is 2.03 bits per heavy atom. The van der Waals surface area contributed by atoms with Crippen LogP contribution in [0.1, 0.15) is 56.8 Å². The molecule has 170 valence electrons. The lowest BCUT2D eigenvalue weighted by atomic mass is 10.1. The second-order valence-corrected chi connectivity index (χ2v) is 7.94. The summed E-state index contributed by atoms with van der Waals surface area (Å²) in [5.41, 5.74) is 0.360. The van der Waals surface area contributed by atoms with Crippen LogP contribution < -0.4 is 15.4 Å². The highest BCUT2D eigenvalue weighted by molar-refractivity contribution is 7.80. The molecule has 2 amide bonds. The molecule has 8 nitrogen and oxygen atoms in total. The Labute approximate surface area is 188 Å². The van der Waals surface area contributed by atoms with Gasteiger partial charge >= 0.3 is 5.97 Å².